The van der Waals surface area contributed by atoms with Crippen LogP contribution in [0.1, 0.15) is 24.1 Å². The number of benzene rings is 2. The summed E-state index contributed by atoms with van der Waals surface area (Å²) >= 11 is 0. The highest BCUT2D eigenvalue weighted by Gasteiger charge is 2.15. The van der Waals surface area contributed by atoms with Gasteiger partial charge in [0.15, 0.2) is 29.7 Å². The minimum atomic E-state index is -2.97. The van der Waals surface area contributed by atoms with Gasteiger partial charge in [-0.05, 0) is 42.8 Å². The van der Waals surface area contributed by atoms with E-state index in [-0.39, 0.29) is 36.5 Å². The second-order valence-corrected chi connectivity index (χ2v) is 6.04. The van der Waals surface area contributed by atoms with Crippen LogP contribution in [0.15, 0.2) is 36.4 Å². The first kappa shape index (κ1) is 21.5. The van der Waals surface area contributed by atoms with Crippen LogP contribution in [0.2, 0.25) is 0 Å². The van der Waals surface area contributed by atoms with Crippen molar-refractivity contribution < 1.29 is 37.1 Å². The van der Waals surface area contributed by atoms with E-state index in [1.54, 1.807) is 12.2 Å². The monoisotopic (exact) mass is 401 g/mol. The van der Waals surface area contributed by atoms with Gasteiger partial charge in [0, 0.05) is 12.1 Å². The molecule has 0 aliphatic carbocycles. The van der Waals surface area contributed by atoms with Gasteiger partial charge >= 0.3 is 6.61 Å². The first-order valence-electron chi connectivity index (χ1n) is 8.47. The Morgan fingerprint density at radius 1 is 1.11 bits per heavy atom. The maximum Gasteiger partial charge on any atom is 0.387 e. The van der Waals surface area contributed by atoms with E-state index in [4.69, 9.17) is 4.74 Å². The largest absolute Gasteiger partial charge is 0.493 e. The molecule has 0 aromatic heterocycles. The van der Waals surface area contributed by atoms with Crippen LogP contribution >= 0.6 is 0 Å². The quantitative estimate of drug-likeness (QED) is 0.635. The van der Waals surface area contributed by atoms with Crippen molar-refractivity contribution in [1.82, 2.24) is 5.32 Å². The maximum atomic E-state index is 13.3. The first-order chi connectivity index (χ1) is 13.3. The van der Waals surface area contributed by atoms with Crippen LogP contribution in [0.25, 0.3) is 0 Å². The summed E-state index contributed by atoms with van der Waals surface area (Å²) in [6.07, 6.45) is 0. The Balaban J connectivity index is 1.85. The van der Waals surface area contributed by atoms with E-state index in [0.29, 0.717) is 11.1 Å². The highest BCUT2D eigenvalue weighted by atomic mass is 19.3. The summed E-state index contributed by atoms with van der Waals surface area (Å²) in [5.74, 6) is -2.10. The molecule has 0 aliphatic heterocycles. The molecule has 2 rings (SSSR count). The molecule has 28 heavy (non-hydrogen) atoms. The van der Waals surface area contributed by atoms with Gasteiger partial charge in [-0.15, -0.1) is 0 Å². The standard InChI is InChI=1S/C19H20F4N2O3/c1-11(13-4-5-14(20)15(21)8-13)24-10-18(26)25-9-12-3-6-16(28-19(22)23)17(7-12)27-2/h3-8,11,19,24H,9-10H2,1-2H3,(H,25,26)/p+1/t11-/m1/s1. The molecule has 0 aliphatic rings. The lowest BCUT2D eigenvalue weighted by Gasteiger charge is -2.13. The Morgan fingerprint density at radius 3 is 2.50 bits per heavy atom. The van der Waals surface area contributed by atoms with Gasteiger partial charge in [-0.3, -0.25) is 4.79 Å². The number of hydrogen-bond acceptors (Lipinski definition) is 3. The summed E-state index contributed by atoms with van der Waals surface area (Å²) < 4.78 is 60.3. The average molecular weight is 401 g/mol. The van der Waals surface area contributed by atoms with Crippen LogP contribution < -0.4 is 20.1 Å². The molecule has 0 spiro atoms. The molecule has 9 heteroatoms. The highest BCUT2D eigenvalue weighted by molar-refractivity contribution is 5.76. The van der Waals surface area contributed by atoms with E-state index in [1.165, 1.54) is 31.4 Å². The zero-order valence-corrected chi connectivity index (χ0v) is 15.3. The van der Waals surface area contributed by atoms with Gasteiger partial charge in [-0.2, -0.15) is 8.78 Å². The normalized spacial score (nSPS) is 12.0. The average Bonchev–Trinajstić information content (AvgIpc) is 2.66. The molecule has 0 fully saturated rings. The van der Waals surface area contributed by atoms with Crippen molar-refractivity contribution in [2.45, 2.75) is 26.1 Å². The number of rotatable bonds is 9. The molecule has 0 saturated carbocycles. The van der Waals surface area contributed by atoms with Crippen molar-refractivity contribution in [2.24, 2.45) is 0 Å². The maximum absolute atomic E-state index is 13.3. The molecule has 0 saturated heterocycles. The molecule has 2 aromatic carbocycles. The van der Waals surface area contributed by atoms with E-state index in [2.05, 4.69) is 10.1 Å². The SMILES string of the molecule is COc1cc(CNC(=O)C[NH2+][C@H](C)c2ccc(F)c(F)c2)ccc1OC(F)F. The fourth-order valence-electron chi connectivity index (χ4n) is 2.50. The van der Waals surface area contributed by atoms with Crippen molar-refractivity contribution >= 4 is 5.91 Å². The molecule has 0 bridgehead atoms. The van der Waals surface area contributed by atoms with Gasteiger partial charge in [-0.25, -0.2) is 8.78 Å². The van der Waals surface area contributed by atoms with Crippen LogP contribution in [-0.2, 0) is 11.3 Å². The minimum absolute atomic E-state index is 0.0733. The summed E-state index contributed by atoms with van der Waals surface area (Å²) in [6, 6.07) is 7.73. The van der Waals surface area contributed by atoms with Crippen LogP contribution in [0.5, 0.6) is 11.5 Å². The fourth-order valence-corrected chi connectivity index (χ4v) is 2.50. The highest BCUT2D eigenvalue weighted by Crippen LogP contribution is 2.29. The number of ether oxygens (including phenoxy) is 2. The van der Waals surface area contributed by atoms with E-state index in [1.807, 2.05) is 0 Å². The molecule has 1 atom stereocenters. The Hall–Kier alpha value is -2.81. The van der Waals surface area contributed by atoms with Gasteiger partial charge < -0.3 is 20.1 Å². The number of quaternary nitrogens is 1. The zero-order valence-electron chi connectivity index (χ0n) is 15.3. The Labute approximate surface area is 159 Å². The van der Waals surface area contributed by atoms with Gasteiger partial charge in [-0.1, -0.05) is 6.07 Å². The lowest BCUT2D eigenvalue weighted by atomic mass is 10.1. The van der Waals surface area contributed by atoms with Crippen LogP contribution in [0, 0.1) is 11.6 Å². The number of nitrogens with two attached hydrogens (primary N) is 1. The van der Waals surface area contributed by atoms with Crippen LogP contribution in [-0.4, -0.2) is 26.2 Å². The van der Waals surface area contributed by atoms with Gasteiger partial charge in [0.25, 0.3) is 5.91 Å². The topological polar surface area (TPSA) is 64.2 Å². The molecule has 0 heterocycles. The molecule has 3 N–H and O–H groups in total. The second kappa shape index (κ2) is 9.93. The van der Waals surface area contributed by atoms with Crippen LogP contribution in [0.3, 0.4) is 0 Å². The summed E-state index contributed by atoms with van der Waals surface area (Å²) in [4.78, 5) is 12.0. The first-order valence-corrected chi connectivity index (χ1v) is 8.47. The Morgan fingerprint density at radius 2 is 1.86 bits per heavy atom. The van der Waals surface area contributed by atoms with Crippen molar-refractivity contribution in [3.8, 4) is 11.5 Å². The van der Waals surface area contributed by atoms with Crippen LogP contribution in [0.4, 0.5) is 17.6 Å². The van der Waals surface area contributed by atoms with Gasteiger partial charge in [0.05, 0.1) is 7.11 Å². The number of amides is 1. The van der Waals surface area contributed by atoms with Crippen molar-refractivity contribution in [2.75, 3.05) is 13.7 Å². The molecule has 1 amide bonds. The number of nitrogens with one attached hydrogen (secondary N) is 1. The third kappa shape index (κ3) is 6.12. The summed E-state index contributed by atoms with van der Waals surface area (Å²) in [5, 5.41) is 4.37. The summed E-state index contributed by atoms with van der Waals surface area (Å²) in [6.45, 7) is -0.958. The lowest BCUT2D eigenvalue weighted by Crippen LogP contribution is -2.87. The Bertz CT molecular complexity index is 818. The number of methoxy groups -OCH3 is 1. The molecule has 5 nitrogen and oxygen atoms in total. The summed E-state index contributed by atoms with van der Waals surface area (Å²) in [5.41, 5.74) is 1.20. The predicted octanol–water partition coefficient (Wildman–Crippen LogP) is 2.52. The van der Waals surface area contributed by atoms with Crippen molar-refractivity contribution in [3.63, 3.8) is 0 Å². The number of carbonyl (C=O) groups excluding carboxylic acids is 1. The summed E-state index contributed by atoms with van der Waals surface area (Å²) in [7, 11) is 1.32. The van der Waals surface area contributed by atoms with E-state index in [9.17, 15) is 22.4 Å². The third-order valence-corrected chi connectivity index (χ3v) is 4.06. The molecular formula is C19H21F4N2O3+. The van der Waals surface area contributed by atoms with Gasteiger partial charge in [0.2, 0.25) is 0 Å². The molecule has 0 radical (unpaired) electrons. The number of alkyl halides is 2. The third-order valence-electron chi connectivity index (χ3n) is 4.06. The van der Waals surface area contributed by atoms with E-state index < -0.39 is 18.2 Å². The Kier molecular flexibility index (Phi) is 7.62. The molecule has 0 unspecified atom stereocenters. The van der Waals surface area contributed by atoms with Crippen molar-refractivity contribution in [3.05, 3.63) is 59.2 Å². The molecular weight excluding hydrogens is 380 g/mol. The zero-order chi connectivity index (χ0) is 20.7. The van der Waals surface area contributed by atoms with E-state index >= 15 is 0 Å². The predicted molar refractivity (Wildman–Crippen MR) is 93.0 cm³/mol. The smallest absolute Gasteiger partial charge is 0.387 e. The minimum Gasteiger partial charge on any atom is -0.493 e. The fraction of sp³-hybridized carbons (Fsp3) is 0.316. The number of hydrogen-bond donors (Lipinski definition) is 2. The van der Waals surface area contributed by atoms with E-state index in [0.717, 1.165) is 12.1 Å². The lowest BCUT2D eigenvalue weighted by molar-refractivity contribution is -0.682. The number of halogens is 4. The molecule has 2 aromatic rings. The van der Waals surface area contributed by atoms with Gasteiger partial charge in [0.1, 0.15) is 6.04 Å². The molecule has 152 valence electrons. The second-order valence-electron chi connectivity index (χ2n) is 6.04. The number of carbonyl (C=O) groups is 1. The van der Waals surface area contributed by atoms with Crippen molar-refractivity contribution in [1.29, 1.82) is 0 Å².